The fraction of sp³-hybridized carbons (Fsp3) is 0.467. The fourth-order valence-corrected chi connectivity index (χ4v) is 6.25. The molecule has 8 heteroatoms. The molecule has 1 aromatic heterocycles. The molecule has 0 aliphatic carbocycles. The van der Waals surface area contributed by atoms with Crippen LogP contribution >= 0.6 is 11.8 Å². The topological polar surface area (TPSA) is 71.9 Å². The van der Waals surface area contributed by atoms with Crippen molar-refractivity contribution in [1.82, 2.24) is 9.88 Å². The average Bonchev–Trinajstić information content (AvgIpc) is 2.94. The largest absolute Gasteiger partial charge is 0.497 e. The number of halogens is 1. The molecule has 0 amide bonds. The molecule has 3 aromatic rings. The Morgan fingerprint density at radius 1 is 1.13 bits per heavy atom. The van der Waals surface area contributed by atoms with Gasteiger partial charge in [-0.25, -0.2) is 4.39 Å². The molecular formula is C30H37FN2O4S. The molecule has 0 radical (unpaired) electrons. The van der Waals surface area contributed by atoms with Crippen LogP contribution in [-0.2, 0) is 4.79 Å². The quantitative estimate of drug-likeness (QED) is 0.193. The Morgan fingerprint density at radius 2 is 1.89 bits per heavy atom. The molecular weight excluding hydrogens is 503 g/mol. The Bertz CT molecular complexity index is 1190. The van der Waals surface area contributed by atoms with Crippen molar-refractivity contribution in [2.75, 3.05) is 39.6 Å². The first-order valence-electron chi connectivity index (χ1n) is 13.2. The van der Waals surface area contributed by atoms with Gasteiger partial charge in [-0.2, -0.15) is 0 Å². The van der Waals surface area contributed by atoms with Crippen LogP contribution in [0.1, 0.15) is 43.8 Å². The minimum absolute atomic E-state index is 0.0389. The monoisotopic (exact) mass is 540 g/mol. The first kappa shape index (κ1) is 28.2. The number of fused-ring (bicyclic) bond motifs is 1. The number of carbonyl (C=O) groups is 1. The Morgan fingerprint density at radius 3 is 2.63 bits per heavy atom. The maximum Gasteiger partial charge on any atom is 0.303 e. The Balaban J connectivity index is 1.29. The number of carboxylic acids is 1. The maximum absolute atomic E-state index is 15.5. The van der Waals surface area contributed by atoms with Crippen molar-refractivity contribution in [2.24, 2.45) is 11.8 Å². The molecule has 1 aliphatic rings. The van der Waals surface area contributed by atoms with E-state index in [9.17, 15) is 9.90 Å². The van der Waals surface area contributed by atoms with Crippen molar-refractivity contribution < 1.29 is 23.8 Å². The number of aliphatic carboxylic acids is 1. The van der Waals surface area contributed by atoms with E-state index in [1.807, 2.05) is 42.1 Å². The van der Waals surface area contributed by atoms with Crippen molar-refractivity contribution in [2.45, 2.75) is 43.2 Å². The summed E-state index contributed by atoms with van der Waals surface area (Å²) >= 11 is 1.82. The highest BCUT2D eigenvalue weighted by Crippen LogP contribution is 2.36. The fourth-order valence-electron chi connectivity index (χ4n) is 5.41. The molecule has 1 N–H and O–H groups in total. The number of aromatic nitrogens is 1. The van der Waals surface area contributed by atoms with Crippen LogP contribution in [0.5, 0.6) is 11.5 Å². The summed E-state index contributed by atoms with van der Waals surface area (Å²) in [5, 5.41) is 10.3. The van der Waals surface area contributed by atoms with Crippen LogP contribution in [0.15, 0.2) is 59.6 Å². The summed E-state index contributed by atoms with van der Waals surface area (Å²) in [6, 6.07) is 15.3. The number of ether oxygens (including phenoxy) is 2. The molecule has 1 unspecified atom stereocenters. The van der Waals surface area contributed by atoms with E-state index in [1.165, 1.54) is 4.90 Å². The van der Waals surface area contributed by atoms with Gasteiger partial charge in [0.1, 0.15) is 17.7 Å². The highest BCUT2D eigenvalue weighted by atomic mass is 32.2. The van der Waals surface area contributed by atoms with Crippen LogP contribution < -0.4 is 9.47 Å². The van der Waals surface area contributed by atoms with Gasteiger partial charge >= 0.3 is 5.97 Å². The second kappa shape index (κ2) is 13.8. The van der Waals surface area contributed by atoms with E-state index >= 15 is 4.39 Å². The van der Waals surface area contributed by atoms with E-state index in [2.05, 4.69) is 22.0 Å². The zero-order valence-electron chi connectivity index (χ0n) is 22.1. The summed E-state index contributed by atoms with van der Waals surface area (Å²) in [6.45, 7) is 2.64. The number of hydrogen-bond donors (Lipinski definition) is 1. The summed E-state index contributed by atoms with van der Waals surface area (Å²) in [5.41, 5.74) is 1.36. The highest BCUT2D eigenvalue weighted by Gasteiger charge is 2.31. The number of likely N-dealkylation sites (tertiary alicyclic amines) is 1. The van der Waals surface area contributed by atoms with Crippen LogP contribution in [0.25, 0.3) is 10.9 Å². The molecule has 1 aliphatic heterocycles. The second-order valence-corrected chi connectivity index (χ2v) is 11.1. The van der Waals surface area contributed by atoms with Crippen LogP contribution in [0.2, 0.25) is 0 Å². The molecule has 1 saturated heterocycles. The SMILES string of the molecule is COc1ccc(SCCCN2CC[C@@H](CCC(F)c3ccnc4ccc(OC)cc34)[C@@H](CC(=O)O)C2)cc1. The van der Waals surface area contributed by atoms with Gasteiger partial charge in [-0.05, 0) is 110 Å². The van der Waals surface area contributed by atoms with E-state index < -0.39 is 12.1 Å². The number of hydrogen-bond acceptors (Lipinski definition) is 6. The van der Waals surface area contributed by atoms with Crippen molar-refractivity contribution in [1.29, 1.82) is 0 Å². The van der Waals surface area contributed by atoms with Gasteiger partial charge in [0.05, 0.1) is 19.7 Å². The molecule has 2 heterocycles. The summed E-state index contributed by atoms with van der Waals surface area (Å²) in [7, 11) is 3.26. The van der Waals surface area contributed by atoms with E-state index in [1.54, 1.807) is 26.5 Å². The maximum atomic E-state index is 15.5. The van der Waals surface area contributed by atoms with Crippen molar-refractivity contribution in [3.8, 4) is 11.5 Å². The van der Waals surface area contributed by atoms with Crippen LogP contribution in [0.3, 0.4) is 0 Å². The number of thioether (sulfide) groups is 1. The Labute approximate surface area is 228 Å². The Hall–Kier alpha value is -2.84. The predicted octanol–water partition coefficient (Wildman–Crippen LogP) is 6.64. The molecule has 0 spiro atoms. The van der Waals surface area contributed by atoms with Gasteiger partial charge in [-0.1, -0.05) is 0 Å². The predicted molar refractivity (Wildman–Crippen MR) is 150 cm³/mol. The smallest absolute Gasteiger partial charge is 0.303 e. The molecule has 204 valence electrons. The number of alkyl halides is 1. The highest BCUT2D eigenvalue weighted by molar-refractivity contribution is 7.99. The van der Waals surface area contributed by atoms with Crippen LogP contribution in [0.4, 0.5) is 4.39 Å². The van der Waals surface area contributed by atoms with Gasteiger partial charge in [0.15, 0.2) is 0 Å². The lowest BCUT2D eigenvalue weighted by Crippen LogP contribution is -2.42. The van der Waals surface area contributed by atoms with Gasteiger partial charge in [0, 0.05) is 29.4 Å². The van der Waals surface area contributed by atoms with Crippen LogP contribution in [-0.4, -0.2) is 60.6 Å². The van der Waals surface area contributed by atoms with Gasteiger partial charge in [0.25, 0.3) is 0 Å². The lowest BCUT2D eigenvalue weighted by atomic mass is 9.79. The first-order chi connectivity index (χ1) is 18.5. The number of rotatable bonds is 13. The van der Waals surface area contributed by atoms with Crippen molar-refractivity contribution in [3.05, 3.63) is 60.3 Å². The Kier molecular flexibility index (Phi) is 10.2. The van der Waals surface area contributed by atoms with Gasteiger partial charge in [-0.15, -0.1) is 11.8 Å². The number of piperidine rings is 1. The molecule has 2 aromatic carbocycles. The van der Waals surface area contributed by atoms with Gasteiger partial charge in [0.2, 0.25) is 0 Å². The van der Waals surface area contributed by atoms with Crippen LogP contribution in [0, 0.1) is 11.8 Å². The molecule has 1 fully saturated rings. The average molecular weight is 541 g/mol. The number of carboxylic acid groups (broad SMARTS) is 1. The first-order valence-corrected chi connectivity index (χ1v) is 14.2. The zero-order chi connectivity index (χ0) is 26.9. The third-order valence-corrected chi connectivity index (χ3v) is 8.57. The van der Waals surface area contributed by atoms with E-state index in [-0.39, 0.29) is 18.3 Å². The van der Waals surface area contributed by atoms with Crippen molar-refractivity contribution in [3.63, 3.8) is 0 Å². The summed E-state index contributed by atoms with van der Waals surface area (Å²) in [6.07, 6.45) is 3.63. The lowest BCUT2D eigenvalue weighted by Gasteiger charge is -2.38. The molecule has 3 atom stereocenters. The van der Waals surface area contributed by atoms with Crippen molar-refractivity contribution >= 4 is 28.6 Å². The van der Waals surface area contributed by atoms with E-state index in [0.717, 1.165) is 54.9 Å². The normalized spacial score (nSPS) is 18.8. The third kappa shape index (κ3) is 7.60. The minimum atomic E-state index is -1.13. The van der Waals surface area contributed by atoms with E-state index in [4.69, 9.17) is 9.47 Å². The summed E-state index contributed by atoms with van der Waals surface area (Å²) in [5.74, 6) is 2.00. The minimum Gasteiger partial charge on any atom is -0.497 e. The molecule has 0 bridgehead atoms. The summed E-state index contributed by atoms with van der Waals surface area (Å²) in [4.78, 5) is 19.6. The molecule has 0 saturated carbocycles. The number of benzene rings is 2. The molecule has 4 rings (SSSR count). The zero-order valence-corrected chi connectivity index (χ0v) is 23.0. The third-order valence-electron chi connectivity index (χ3n) is 7.47. The standard InChI is InChI=1S/C30H37FN2O4S/c1-36-23-5-8-25(9-6-23)38-17-3-15-33-16-13-21(22(20-33)18-30(34)35)4-10-28(31)26-12-14-32-29-11-7-24(37-2)19-27(26)29/h5-9,11-12,14,19,21-22,28H,3-4,10,13,15-18,20H2,1-2H3,(H,34,35)/t21-,22+,28?/m1/s1. The molecule has 6 nitrogen and oxygen atoms in total. The number of pyridine rings is 1. The summed E-state index contributed by atoms with van der Waals surface area (Å²) < 4.78 is 26.0. The lowest BCUT2D eigenvalue weighted by molar-refractivity contribution is -0.139. The van der Waals surface area contributed by atoms with Gasteiger partial charge < -0.3 is 19.5 Å². The number of nitrogens with zero attached hydrogens (tertiary/aromatic N) is 2. The molecule has 38 heavy (non-hydrogen) atoms. The van der Waals surface area contributed by atoms with Gasteiger partial charge in [-0.3, -0.25) is 9.78 Å². The number of methoxy groups -OCH3 is 2. The second-order valence-electron chi connectivity index (χ2n) is 9.91. The van der Waals surface area contributed by atoms with E-state index in [0.29, 0.717) is 24.2 Å².